The van der Waals surface area contributed by atoms with Gasteiger partial charge in [0.1, 0.15) is 5.82 Å². The molecule has 0 atom stereocenters. The summed E-state index contributed by atoms with van der Waals surface area (Å²) in [6.45, 7) is 3.86. The highest BCUT2D eigenvalue weighted by atomic mass is 19.1. The third kappa shape index (κ3) is 3.34. The van der Waals surface area contributed by atoms with Gasteiger partial charge in [-0.2, -0.15) is 0 Å². The second kappa shape index (κ2) is 6.02. The van der Waals surface area contributed by atoms with E-state index < -0.39 is 0 Å². The number of nitrogens with zero attached hydrogens (tertiary/aromatic N) is 1. The van der Waals surface area contributed by atoms with Crippen molar-refractivity contribution in [1.82, 2.24) is 4.90 Å². The predicted octanol–water partition coefficient (Wildman–Crippen LogP) is 3.17. The Morgan fingerprint density at radius 1 is 1.26 bits per heavy atom. The van der Waals surface area contributed by atoms with Crippen molar-refractivity contribution in [2.45, 2.75) is 44.7 Å². The van der Waals surface area contributed by atoms with Gasteiger partial charge in [0.05, 0.1) is 0 Å². The van der Waals surface area contributed by atoms with E-state index in [1.807, 2.05) is 12.1 Å². The van der Waals surface area contributed by atoms with Crippen molar-refractivity contribution in [2.75, 3.05) is 13.6 Å². The van der Waals surface area contributed by atoms with Crippen molar-refractivity contribution >= 4 is 0 Å². The first kappa shape index (κ1) is 14.5. The number of nitrogens with two attached hydrogens (primary N) is 1. The molecule has 0 saturated heterocycles. The van der Waals surface area contributed by atoms with Crippen LogP contribution in [0.1, 0.15) is 38.2 Å². The van der Waals surface area contributed by atoms with Gasteiger partial charge in [0, 0.05) is 18.6 Å². The van der Waals surface area contributed by atoms with Gasteiger partial charge in [-0.15, -0.1) is 0 Å². The van der Waals surface area contributed by atoms with Crippen molar-refractivity contribution in [3.8, 4) is 0 Å². The smallest absolute Gasteiger partial charge is 0.123 e. The van der Waals surface area contributed by atoms with E-state index in [1.54, 1.807) is 0 Å². The van der Waals surface area contributed by atoms with Crippen molar-refractivity contribution in [1.29, 1.82) is 0 Å². The Hall–Kier alpha value is -0.930. The molecule has 1 saturated carbocycles. The Bertz CT molecular complexity index is 394. The SMILES string of the molecule is CC1CCC(CN)(N(C)Cc2ccc(F)cc2)CC1. The van der Waals surface area contributed by atoms with Crippen molar-refractivity contribution < 1.29 is 4.39 Å². The van der Waals surface area contributed by atoms with Gasteiger partial charge in [-0.3, -0.25) is 4.90 Å². The van der Waals surface area contributed by atoms with Gasteiger partial charge >= 0.3 is 0 Å². The van der Waals surface area contributed by atoms with E-state index in [0.29, 0.717) is 6.54 Å². The van der Waals surface area contributed by atoms with Crippen LogP contribution >= 0.6 is 0 Å². The highest BCUT2D eigenvalue weighted by Crippen LogP contribution is 2.35. The minimum Gasteiger partial charge on any atom is -0.329 e. The number of rotatable bonds is 4. The van der Waals surface area contributed by atoms with Gasteiger partial charge in [0.25, 0.3) is 0 Å². The minimum absolute atomic E-state index is 0.126. The van der Waals surface area contributed by atoms with Gasteiger partial charge in [0.15, 0.2) is 0 Å². The Balaban J connectivity index is 2.04. The molecule has 1 aliphatic carbocycles. The summed E-state index contributed by atoms with van der Waals surface area (Å²) in [7, 11) is 2.15. The summed E-state index contributed by atoms with van der Waals surface area (Å²) in [6, 6.07) is 6.78. The maximum Gasteiger partial charge on any atom is 0.123 e. The lowest BCUT2D eigenvalue weighted by Gasteiger charge is -2.45. The third-order valence-electron chi connectivity index (χ3n) is 4.73. The van der Waals surface area contributed by atoms with Crippen LogP contribution in [0.4, 0.5) is 4.39 Å². The van der Waals surface area contributed by atoms with Crippen molar-refractivity contribution in [2.24, 2.45) is 11.7 Å². The molecule has 0 spiro atoms. The van der Waals surface area contributed by atoms with E-state index in [4.69, 9.17) is 5.73 Å². The molecule has 106 valence electrons. The van der Waals surface area contributed by atoms with Crippen LogP contribution in [0, 0.1) is 11.7 Å². The van der Waals surface area contributed by atoms with Crippen LogP contribution < -0.4 is 5.73 Å². The van der Waals surface area contributed by atoms with E-state index in [-0.39, 0.29) is 11.4 Å². The zero-order valence-corrected chi connectivity index (χ0v) is 12.0. The highest BCUT2D eigenvalue weighted by molar-refractivity contribution is 5.16. The molecule has 3 heteroatoms. The van der Waals surface area contributed by atoms with Crippen LogP contribution in [-0.4, -0.2) is 24.0 Å². The lowest BCUT2D eigenvalue weighted by Crippen LogP contribution is -2.53. The Morgan fingerprint density at radius 2 is 1.84 bits per heavy atom. The molecular formula is C16H25FN2. The second-order valence-electron chi connectivity index (χ2n) is 6.09. The summed E-state index contributed by atoms with van der Waals surface area (Å²) in [5, 5.41) is 0. The molecule has 19 heavy (non-hydrogen) atoms. The molecule has 1 aliphatic rings. The quantitative estimate of drug-likeness (QED) is 0.905. The average molecular weight is 264 g/mol. The van der Waals surface area contributed by atoms with Crippen LogP contribution in [0.3, 0.4) is 0 Å². The topological polar surface area (TPSA) is 29.3 Å². The summed E-state index contributed by atoms with van der Waals surface area (Å²) in [5.74, 6) is 0.644. The molecule has 2 rings (SSSR count). The number of likely N-dealkylation sites (N-methyl/N-ethyl adjacent to an activating group) is 1. The number of benzene rings is 1. The minimum atomic E-state index is -0.175. The Kier molecular flexibility index (Phi) is 4.58. The predicted molar refractivity (Wildman–Crippen MR) is 77.3 cm³/mol. The average Bonchev–Trinajstić information content (AvgIpc) is 2.42. The maximum absolute atomic E-state index is 12.9. The first-order valence-corrected chi connectivity index (χ1v) is 7.21. The summed E-state index contributed by atoms with van der Waals surface area (Å²) in [6.07, 6.45) is 4.85. The van der Waals surface area contributed by atoms with Gasteiger partial charge in [-0.1, -0.05) is 19.1 Å². The molecule has 2 N–H and O–H groups in total. The number of hydrogen-bond acceptors (Lipinski definition) is 2. The molecule has 1 aromatic rings. The Morgan fingerprint density at radius 3 is 2.37 bits per heavy atom. The van der Waals surface area contributed by atoms with Crippen LogP contribution in [0.5, 0.6) is 0 Å². The normalized spacial score (nSPS) is 27.7. The fraction of sp³-hybridized carbons (Fsp3) is 0.625. The fourth-order valence-electron chi connectivity index (χ4n) is 3.07. The van der Waals surface area contributed by atoms with E-state index in [9.17, 15) is 4.39 Å². The Labute approximate surface area is 115 Å². The zero-order valence-electron chi connectivity index (χ0n) is 12.0. The standard InChI is InChI=1S/C16H25FN2/c1-13-7-9-16(12-18,10-8-13)19(2)11-14-3-5-15(17)6-4-14/h3-6,13H,7-12,18H2,1-2H3. The molecule has 0 amide bonds. The highest BCUT2D eigenvalue weighted by Gasteiger charge is 2.36. The molecule has 0 unspecified atom stereocenters. The van der Waals surface area contributed by atoms with Crippen LogP contribution in [0.2, 0.25) is 0 Å². The molecule has 0 aliphatic heterocycles. The summed E-state index contributed by atoms with van der Waals surface area (Å²) in [4.78, 5) is 2.37. The summed E-state index contributed by atoms with van der Waals surface area (Å²) < 4.78 is 12.9. The fourth-order valence-corrected chi connectivity index (χ4v) is 3.07. The molecule has 0 radical (unpaired) electrons. The van der Waals surface area contributed by atoms with Gasteiger partial charge in [-0.05, 0) is 56.3 Å². The lowest BCUT2D eigenvalue weighted by atomic mass is 9.76. The van der Waals surface area contributed by atoms with E-state index >= 15 is 0 Å². The number of hydrogen-bond donors (Lipinski definition) is 1. The summed E-state index contributed by atoms with van der Waals surface area (Å²) in [5.41, 5.74) is 7.34. The molecular weight excluding hydrogens is 239 g/mol. The van der Waals surface area contributed by atoms with E-state index in [0.717, 1.165) is 18.0 Å². The second-order valence-corrected chi connectivity index (χ2v) is 6.09. The molecule has 1 aromatic carbocycles. The molecule has 1 fully saturated rings. The largest absolute Gasteiger partial charge is 0.329 e. The van der Waals surface area contributed by atoms with Gasteiger partial charge < -0.3 is 5.73 Å². The van der Waals surface area contributed by atoms with Crippen LogP contribution in [-0.2, 0) is 6.54 Å². The van der Waals surface area contributed by atoms with Gasteiger partial charge in [0.2, 0.25) is 0 Å². The van der Waals surface area contributed by atoms with Crippen molar-refractivity contribution in [3.63, 3.8) is 0 Å². The summed E-state index contributed by atoms with van der Waals surface area (Å²) >= 11 is 0. The molecule has 0 bridgehead atoms. The van der Waals surface area contributed by atoms with E-state index in [1.165, 1.54) is 37.8 Å². The first-order chi connectivity index (χ1) is 9.05. The molecule has 0 aromatic heterocycles. The maximum atomic E-state index is 12.9. The lowest BCUT2D eigenvalue weighted by molar-refractivity contribution is 0.0616. The molecule has 0 heterocycles. The van der Waals surface area contributed by atoms with E-state index in [2.05, 4.69) is 18.9 Å². The monoisotopic (exact) mass is 264 g/mol. The first-order valence-electron chi connectivity index (χ1n) is 7.21. The van der Waals surface area contributed by atoms with Crippen molar-refractivity contribution in [3.05, 3.63) is 35.6 Å². The third-order valence-corrected chi connectivity index (χ3v) is 4.73. The molecule has 2 nitrogen and oxygen atoms in total. The zero-order chi connectivity index (χ0) is 13.9. The van der Waals surface area contributed by atoms with Crippen LogP contribution in [0.25, 0.3) is 0 Å². The van der Waals surface area contributed by atoms with Crippen LogP contribution in [0.15, 0.2) is 24.3 Å². The van der Waals surface area contributed by atoms with Gasteiger partial charge in [-0.25, -0.2) is 4.39 Å². The number of halogens is 1.